The van der Waals surface area contributed by atoms with Crippen LogP contribution in [-0.2, 0) is 0 Å². The summed E-state index contributed by atoms with van der Waals surface area (Å²) in [5.74, 6) is 1.11. The van der Waals surface area contributed by atoms with Crippen molar-refractivity contribution in [1.82, 2.24) is 20.3 Å². The van der Waals surface area contributed by atoms with Gasteiger partial charge < -0.3 is 10.2 Å². The van der Waals surface area contributed by atoms with Gasteiger partial charge in [0.1, 0.15) is 0 Å². The number of H-pyrrole nitrogens is 1. The number of hydrogen-bond acceptors (Lipinski definition) is 4. The van der Waals surface area contributed by atoms with Crippen LogP contribution in [-0.4, -0.2) is 39.3 Å². The third kappa shape index (κ3) is 3.10. The van der Waals surface area contributed by atoms with Crippen molar-refractivity contribution in [2.75, 3.05) is 18.4 Å². The molecule has 0 atom stereocenters. The van der Waals surface area contributed by atoms with Crippen LogP contribution in [0.4, 0.5) is 11.5 Å². The van der Waals surface area contributed by atoms with Gasteiger partial charge in [0.2, 0.25) is 0 Å². The molecule has 0 bridgehead atoms. The molecule has 0 aliphatic carbocycles. The molecular weight excluding hydrogens is 278 g/mol. The van der Waals surface area contributed by atoms with E-state index in [1.165, 1.54) is 5.56 Å². The van der Waals surface area contributed by atoms with E-state index in [9.17, 15) is 4.79 Å². The number of benzene rings is 1. The van der Waals surface area contributed by atoms with E-state index >= 15 is 0 Å². The monoisotopic (exact) mass is 299 g/mol. The number of anilines is 2. The lowest BCUT2D eigenvalue weighted by Crippen LogP contribution is -2.38. The van der Waals surface area contributed by atoms with E-state index in [1.807, 2.05) is 36.1 Å². The summed E-state index contributed by atoms with van der Waals surface area (Å²) in [6.45, 7) is 5.84. The molecule has 0 saturated carbocycles. The van der Waals surface area contributed by atoms with Gasteiger partial charge in [-0.25, -0.2) is 0 Å². The van der Waals surface area contributed by atoms with Crippen molar-refractivity contribution in [1.29, 1.82) is 0 Å². The average molecular weight is 299 g/mol. The average Bonchev–Trinajstić information content (AvgIpc) is 2.98. The van der Waals surface area contributed by atoms with Crippen molar-refractivity contribution in [3.63, 3.8) is 0 Å². The normalized spacial score (nSPS) is 15.8. The Hall–Kier alpha value is -2.37. The number of rotatable bonds is 3. The summed E-state index contributed by atoms with van der Waals surface area (Å²) in [4.78, 5) is 14.5. The SMILES string of the molecule is Cc1ccc(Nc2n[nH]nc2C(=O)N2CCC(C)CC2)cc1. The molecule has 1 amide bonds. The number of nitrogens with one attached hydrogen (secondary N) is 2. The van der Waals surface area contributed by atoms with E-state index in [1.54, 1.807) is 0 Å². The molecule has 1 aliphatic heterocycles. The lowest BCUT2D eigenvalue weighted by molar-refractivity contribution is 0.0692. The zero-order chi connectivity index (χ0) is 15.5. The van der Waals surface area contributed by atoms with Gasteiger partial charge in [-0.15, -0.1) is 10.2 Å². The minimum Gasteiger partial charge on any atom is -0.337 e. The van der Waals surface area contributed by atoms with Crippen LogP contribution < -0.4 is 5.32 Å². The van der Waals surface area contributed by atoms with Gasteiger partial charge in [0.15, 0.2) is 11.5 Å². The van der Waals surface area contributed by atoms with Crippen LogP contribution in [0.5, 0.6) is 0 Å². The van der Waals surface area contributed by atoms with Gasteiger partial charge in [-0.1, -0.05) is 24.6 Å². The van der Waals surface area contributed by atoms with Crippen molar-refractivity contribution in [2.45, 2.75) is 26.7 Å². The van der Waals surface area contributed by atoms with Crippen molar-refractivity contribution in [3.8, 4) is 0 Å². The fourth-order valence-electron chi connectivity index (χ4n) is 2.60. The van der Waals surface area contributed by atoms with Crippen molar-refractivity contribution >= 4 is 17.4 Å². The molecule has 1 aromatic heterocycles. The van der Waals surface area contributed by atoms with E-state index < -0.39 is 0 Å². The number of carbonyl (C=O) groups is 1. The molecule has 6 nitrogen and oxygen atoms in total. The predicted molar refractivity (Wildman–Crippen MR) is 85.1 cm³/mol. The van der Waals surface area contributed by atoms with Gasteiger partial charge in [-0.2, -0.15) is 5.21 Å². The van der Waals surface area contributed by atoms with Crippen molar-refractivity contribution < 1.29 is 4.79 Å². The fourth-order valence-corrected chi connectivity index (χ4v) is 2.60. The highest BCUT2D eigenvalue weighted by atomic mass is 16.2. The van der Waals surface area contributed by atoms with E-state index in [-0.39, 0.29) is 5.91 Å². The number of hydrogen-bond donors (Lipinski definition) is 2. The third-order valence-electron chi connectivity index (χ3n) is 4.14. The summed E-state index contributed by atoms with van der Waals surface area (Å²) in [5, 5.41) is 13.8. The van der Waals surface area contributed by atoms with Crippen LogP contribution in [0, 0.1) is 12.8 Å². The Kier molecular flexibility index (Phi) is 4.09. The molecule has 0 unspecified atom stereocenters. The Balaban J connectivity index is 1.74. The lowest BCUT2D eigenvalue weighted by Gasteiger charge is -2.29. The zero-order valence-electron chi connectivity index (χ0n) is 13.0. The van der Waals surface area contributed by atoms with E-state index in [4.69, 9.17) is 0 Å². The molecule has 2 N–H and O–H groups in total. The maximum absolute atomic E-state index is 12.6. The Morgan fingerprint density at radius 2 is 1.91 bits per heavy atom. The number of aromatic amines is 1. The van der Waals surface area contributed by atoms with Crippen LogP contribution in [0.3, 0.4) is 0 Å². The van der Waals surface area contributed by atoms with Crippen molar-refractivity contribution in [3.05, 3.63) is 35.5 Å². The Morgan fingerprint density at radius 1 is 1.23 bits per heavy atom. The Labute approximate surface area is 129 Å². The summed E-state index contributed by atoms with van der Waals surface area (Å²) in [7, 11) is 0. The first kappa shape index (κ1) is 14.6. The molecule has 1 aromatic carbocycles. The molecule has 1 saturated heterocycles. The largest absolute Gasteiger partial charge is 0.337 e. The molecule has 2 aromatic rings. The van der Waals surface area contributed by atoms with E-state index in [0.29, 0.717) is 17.4 Å². The van der Waals surface area contributed by atoms with E-state index in [0.717, 1.165) is 31.6 Å². The first-order valence-electron chi connectivity index (χ1n) is 7.67. The molecule has 3 rings (SSSR count). The first-order chi connectivity index (χ1) is 10.6. The van der Waals surface area contributed by atoms with Gasteiger partial charge in [0.25, 0.3) is 5.91 Å². The van der Waals surface area contributed by atoms with Gasteiger partial charge in [0.05, 0.1) is 0 Å². The summed E-state index contributed by atoms with van der Waals surface area (Å²) in [6, 6.07) is 7.94. The first-order valence-corrected chi connectivity index (χ1v) is 7.67. The number of aryl methyl sites for hydroxylation is 1. The summed E-state index contributed by atoms with van der Waals surface area (Å²) >= 11 is 0. The molecule has 2 heterocycles. The summed E-state index contributed by atoms with van der Waals surface area (Å²) < 4.78 is 0. The molecule has 22 heavy (non-hydrogen) atoms. The second-order valence-corrected chi connectivity index (χ2v) is 5.99. The van der Waals surface area contributed by atoms with Gasteiger partial charge in [0, 0.05) is 18.8 Å². The molecule has 6 heteroatoms. The van der Waals surface area contributed by atoms with Crippen molar-refractivity contribution in [2.24, 2.45) is 5.92 Å². The zero-order valence-corrected chi connectivity index (χ0v) is 13.0. The predicted octanol–water partition coefficient (Wildman–Crippen LogP) is 2.73. The highest BCUT2D eigenvalue weighted by Crippen LogP contribution is 2.21. The van der Waals surface area contributed by atoms with Gasteiger partial charge in [-0.05, 0) is 37.8 Å². The number of aromatic nitrogens is 3. The van der Waals surface area contributed by atoms with Crippen LogP contribution in [0.15, 0.2) is 24.3 Å². The second kappa shape index (κ2) is 6.17. The Morgan fingerprint density at radius 3 is 2.59 bits per heavy atom. The molecular formula is C16H21N5O. The molecule has 1 aliphatic rings. The molecule has 0 spiro atoms. The summed E-state index contributed by atoms with van der Waals surface area (Å²) in [5.41, 5.74) is 2.43. The molecule has 116 valence electrons. The van der Waals surface area contributed by atoms with Gasteiger partial charge in [-0.3, -0.25) is 4.79 Å². The molecule has 0 radical (unpaired) electrons. The van der Waals surface area contributed by atoms with Crippen LogP contribution in [0.2, 0.25) is 0 Å². The number of amides is 1. The minimum absolute atomic E-state index is 0.0599. The number of piperidine rings is 1. The topological polar surface area (TPSA) is 73.9 Å². The number of nitrogens with zero attached hydrogens (tertiary/aromatic N) is 3. The molecule has 1 fully saturated rings. The maximum atomic E-state index is 12.6. The Bertz CT molecular complexity index is 641. The van der Waals surface area contributed by atoms with Gasteiger partial charge >= 0.3 is 0 Å². The van der Waals surface area contributed by atoms with Crippen LogP contribution in [0.25, 0.3) is 0 Å². The van der Waals surface area contributed by atoms with E-state index in [2.05, 4.69) is 27.7 Å². The highest BCUT2D eigenvalue weighted by Gasteiger charge is 2.26. The standard InChI is InChI=1S/C16H21N5O/c1-11-3-5-13(6-4-11)17-15-14(18-20-19-15)16(22)21-9-7-12(2)8-10-21/h3-6,12H,7-10H2,1-2H3,(H2,17,18,19,20). The number of likely N-dealkylation sites (tertiary alicyclic amines) is 1. The summed E-state index contributed by atoms with van der Waals surface area (Å²) in [6.07, 6.45) is 2.09. The quantitative estimate of drug-likeness (QED) is 0.914. The lowest BCUT2D eigenvalue weighted by atomic mass is 9.99. The smallest absolute Gasteiger partial charge is 0.278 e. The highest BCUT2D eigenvalue weighted by molar-refractivity contribution is 5.97. The maximum Gasteiger partial charge on any atom is 0.278 e. The van der Waals surface area contributed by atoms with Crippen LogP contribution in [0.1, 0.15) is 35.8 Å². The third-order valence-corrected chi connectivity index (χ3v) is 4.14. The second-order valence-electron chi connectivity index (χ2n) is 5.99. The fraction of sp³-hybridized carbons (Fsp3) is 0.438. The number of carbonyl (C=O) groups excluding carboxylic acids is 1. The minimum atomic E-state index is -0.0599. The van der Waals surface area contributed by atoms with Crippen LogP contribution >= 0.6 is 0 Å².